The van der Waals surface area contributed by atoms with Gasteiger partial charge >= 0.3 is 0 Å². The zero-order valence-electron chi connectivity index (χ0n) is 30.6. The normalized spacial score (nSPS) is 12.7. The molecular formula is C45H28N4O. The molecule has 0 spiro atoms. The Morgan fingerprint density at radius 1 is 0.440 bits per heavy atom. The van der Waals surface area contributed by atoms with E-state index >= 15 is 0 Å². The Bertz CT molecular complexity index is 3020. The summed E-state index contributed by atoms with van der Waals surface area (Å²) in [6.45, 7) is 0. The van der Waals surface area contributed by atoms with Crippen LogP contribution in [0.2, 0.25) is 0 Å². The number of para-hydroxylation sites is 3. The van der Waals surface area contributed by atoms with Gasteiger partial charge in [0.25, 0.3) is 0 Å². The van der Waals surface area contributed by atoms with E-state index in [0.29, 0.717) is 56.1 Å². The lowest BCUT2D eigenvalue weighted by Gasteiger charge is -2.09. The van der Waals surface area contributed by atoms with E-state index in [4.69, 9.17) is 24.9 Å². The minimum Gasteiger partial charge on any atom is -0.454 e. The van der Waals surface area contributed by atoms with Crippen molar-refractivity contribution in [3.63, 3.8) is 0 Å². The zero-order valence-corrected chi connectivity index (χ0v) is 26.6. The molecule has 234 valence electrons. The highest BCUT2D eigenvalue weighted by Gasteiger charge is 2.19. The summed E-state index contributed by atoms with van der Waals surface area (Å²) in [6.07, 6.45) is 0. The fourth-order valence-electron chi connectivity index (χ4n) is 6.79. The summed E-state index contributed by atoms with van der Waals surface area (Å²) in [5.41, 5.74) is 7.73. The van der Waals surface area contributed by atoms with E-state index < -0.39 is 0 Å². The van der Waals surface area contributed by atoms with E-state index in [1.54, 1.807) is 12.1 Å². The van der Waals surface area contributed by atoms with Crippen LogP contribution in [-0.4, -0.2) is 19.5 Å². The highest BCUT2D eigenvalue weighted by molar-refractivity contribution is 6.13. The van der Waals surface area contributed by atoms with E-state index in [2.05, 4.69) is 24.3 Å². The minimum absolute atomic E-state index is 0.157. The summed E-state index contributed by atoms with van der Waals surface area (Å²) in [5, 5.41) is 3.06. The van der Waals surface area contributed by atoms with Crippen LogP contribution in [0.3, 0.4) is 0 Å². The fourth-order valence-corrected chi connectivity index (χ4v) is 6.79. The van der Waals surface area contributed by atoms with Crippen LogP contribution in [0.15, 0.2) is 174 Å². The second-order valence-corrected chi connectivity index (χ2v) is 12.1. The molecule has 0 saturated heterocycles. The molecule has 0 radical (unpaired) electrons. The minimum atomic E-state index is 0.157. The average molecular weight is 645 g/mol. The monoisotopic (exact) mass is 644 g/mol. The number of hydrogen-bond acceptors (Lipinski definition) is 4. The molecule has 0 aliphatic heterocycles. The quantitative estimate of drug-likeness (QED) is 0.187. The number of nitrogens with zero attached hydrogens (tertiary/aromatic N) is 4. The lowest BCUT2D eigenvalue weighted by Crippen LogP contribution is -2.00. The number of hydrogen-bond donors (Lipinski definition) is 0. The lowest BCUT2D eigenvalue weighted by molar-refractivity contribution is 0.666. The van der Waals surface area contributed by atoms with E-state index in [9.17, 15) is 0 Å². The molecule has 0 atom stereocenters. The molecule has 3 heterocycles. The summed E-state index contributed by atoms with van der Waals surface area (Å²) >= 11 is 0. The smallest absolute Gasteiger partial charge is 0.164 e. The van der Waals surface area contributed by atoms with Crippen molar-refractivity contribution < 1.29 is 9.90 Å². The summed E-state index contributed by atoms with van der Waals surface area (Å²) < 4.78 is 43.0. The number of furan rings is 1. The van der Waals surface area contributed by atoms with Gasteiger partial charge in [-0.3, -0.25) is 0 Å². The molecule has 7 aromatic carbocycles. The van der Waals surface area contributed by atoms with Crippen molar-refractivity contribution in [3.8, 4) is 51.0 Å². The van der Waals surface area contributed by atoms with Gasteiger partial charge in [0.15, 0.2) is 23.1 Å². The van der Waals surface area contributed by atoms with Crippen LogP contribution in [0.4, 0.5) is 0 Å². The molecule has 0 amide bonds. The molecule has 5 nitrogen and oxygen atoms in total. The van der Waals surface area contributed by atoms with Crippen molar-refractivity contribution in [3.05, 3.63) is 170 Å². The SMILES string of the molecule is [2H]c1cc([2H])c2c(c1)c1cc([2H])cc([2H])c1n2-c1cccc2c1oc1cc(-c3nc(-c4ccccc4)nc(-c4ccc(-c5ccccc5)cc4)n3)ccc12. The van der Waals surface area contributed by atoms with Crippen LogP contribution in [0.25, 0.3) is 94.7 Å². The predicted octanol–water partition coefficient (Wildman–Crippen LogP) is 11.5. The van der Waals surface area contributed by atoms with Crippen LogP contribution in [0.5, 0.6) is 0 Å². The van der Waals surface area contributed by atoms with Crippen molar-refractivity contribution in [2.24, 2.45) is 0 Å². The topological polar surface area (TPSA) is 56.7 Å². The Hall–Kier alpha value is -6.85. The van der Waals surface area contributed by atoms with Gasteiger partial charge in [-0.15, -0.1) is 0 Å². The maximum Gasteiger partial charge on any atom is 0.164 e. The highest BCUT2D eigenvalue weighted by atomic mass is 16.3. The third-order valence-corrected chi connectivity index (χ3v) is 9.18. The molecule has 0 aliphatic rings. The summed E-state index contributed by atoms with van der Waals surface area (Å²) in [5.74, 6) is 1.62. The first-order chi connectivity index (χ1) is 26.4. The zero-order chi connectivity index (χ0) is 36.5. The van der Waals surface area contributed by atoms with Crippen LogP contribution >= 0.6 is 0 Å². The Morgan fingerprint density at radius 3 is 1.64 bits per heavy atom. The van der Waals surface area contributed by atoms with Crippen molar-refractivity contribution in [2.75, 3.05) is 0 Å². The van der Waals surface area contributed by atoms with Crippen molar-refractivity contribution in [2.45, 2.75) is 0 Å². The standard InChI is InChI=1S/C45H28N4O/c1-3-12-29(13-4-1)30-22-24-32(25-23-30)44-46-43(31-14-5-2-6-15-31)47-45(48-44)33-26-27-36-37-18-11-21-40(42(37)50-41(36)28-33)49-38-19-9-7-16-34(38)35-17-8-10-20-39(35)49/h1-28H/i7D,8D,19D,20D. The molecule has 0 saturated carbocycles. The maximum atomic E-state index is 8.90. The van der Waals surface area contributed by atoms with Gasteiger partial charge in [-0.1, -0.05) is 139 Å². The van der Waals surface area contributed by atoms with E-state index in [1.807, 2.05) is 102 Å². The fraction of sp³-hybridized carbons (Fsp3) is 0. The van der Waals surface area contributed by atoms with Crippen molar-refractivity contribution in [1.82, 2.24) is 19.5 Å². The van der Waals surface area contributed by atoms with Crippen LogP contribution in [-0.2, 0) is 0 Å². The molecule has 0 unspecified atom stereocenters. The van der Waals surface area contributed by atoms with Gasteiger partial charge in [-0.2, -0.15) is 0 Å². The molecule has 3 aromatic heterocycles. The number of rotatable bonds is 5. The van der Waals surface area contributed by atoms with Crippen LogP contribution < -0.4 is 0 Å². The largest absolute Gasteiger partial charge is 0.454 e. The Balaban J connectivity index is 1.14. The van der Waals surface area contributed by atoms with Gasteiger partial charge in [0.1, 0.15) is 5.58 Å². The van der Waals surface area contributed by atoms with Crippen LogP contribution in [0.1, 0.15) is 5.48 Å². The second kappa shape index (κ2) is 11.4. The highest BCUT2D eigenvalue weighted by Crippen LogP contribution is 2.39. The Kier molecular flexibility index (Phi) is 5.54. The number of fused-ring (bicyclic) bond motifs is 6. The molecule has 0 fully saturated rings. The summed E-state index contributed by atoms with van der Waals surface area (Å²) in [6, 6.07) is 47.2. The van der Waals surface area contributed by atoms with Gasteiger partial charge in [-0.05, 0) is 41.4 Å². The molecule has 5 heteroatoms. The average Bonchev–Trinajstić information content (AvgIpc) is 3.74. The van der Waals surface area contributed by atoms with Crippen molar-refractivity contribution in [1.29, 1.82) is 0 Å². The van der Waals surface area contributed by atoms with Gasteiger partial charge in [0, 0.05) is 38.2 Å². The number of aromatic nitrogens is 4. The first-order valence-corrected chi connectivity index (χ1v) is 16.4. The molecule has 50 heavy (non-hydrogen) atoms. The van der Waals surface area contributed by atoms with Gasteiger partial charge < -0.3 is 8.98 Å². The summed E-state index contributed by atoms with van der Waals surface area (Å²) in [4.78, 5) is 14.8. The lowest BCUT2D eigenvalue weighted by atomic mass is 10.0. The molecular weight excluding hydrogens is 613 g/mol. The van der Waals surface area contributed by atoms with Gasteiger partial charge in [0.05, 0.1) is 22.2 Å². The Morgan fingerprint density at radius 2 is 0.980 bits per heavy atom. The third kappa shape index (κ3) is 4.60. The third-order valence-electron chi connectivity index (χ3n) is 9.18. The van der Waals surface area contributed by atoms with Crippen molar-refractivity contribution >= 4 is 43.7 Å². The maximum absolute atomic E-state index is 8.90. The van der Waals surface area contributed by atoms with Crippen LogP contribution in [0, 0.1) is 0 Å². The first-order valence-electron chi connectivity index (χ1n) is 18.4. The van der Waals surface area contributed by atoms with Gasteiger partial charge in [0.2, 0.25) is 0 Å². The van der Waals surface area contributed by atoms with E-state index in [-0.39, 0.29) is 24.2 Å². The molecule has 0 aliphatic carbocycles. The molecule has 10 aromatic rings. The van der Waals surface area contributed by atoms with E-state index in [1.165, 1.54) is 12.1 Å². The second-order valence-electron chi connectivity index (χ2n) is 12.1. The van der Waals surface area contributed by atoms with Gasteiger partial charge in [-0.25, -0.2) is 15.0 Å². The summed E-state index contributed by atoms with van der Waals surface area (Å²) in [7, 11) is 0. The molecule has 0 bridgehead atoms. The number of benzene rings is 7. The molecule has 10 rings (SSSR count). The Labute approximate surface area is 293 Å². The molecule has 0 N–H and O–H groups in total. The first kappa shape index (κ1) is 24.3. The predicted molar refractivity (Wildman–Crippen MR) is 203 cm³/mol. The van der Waals surface area contributed by atoms with E-state index in [0.717, 1.165) is 38.6 Å².